The lowest BCUT2D eigenvalue weighted by molar-refractivity contribution is 0.209. The van der Waals surface area contributed by atoms with Gasteiger partial charge in [-0.05, 0) is 5.56 Å². The average molecular weight is 203 g/mol. The number of benzene rings is 1. The first-order chi connectivity index (χ1) is 7.25. The number of rotatable bonds is 2. The first kappa shape index (κ1) is 9.26. The van der Waals surface area contributed by atoms with Gasteiger partial charge in [0.2, 0.25) is 0 Å². The quantitative estimate of drug-likeness (QED) is 0.699. The molecule has 1 heterocycles. The Bertz CT molecular complexity index is 465. The van der Waals surface area contributed by atoms with Crippen LogP contribution in [0.3, 0.4) is 0 Å². The number of hydrogen-bond donors (Lipinski definition) is 3. The Morgan fingerprint density at radius 3 is 2.73 bits per heavy atom. The standard InChI is InChI=1S/C10H9N3O2/c14-10(15)11-9-6-8(12-13-9)7-4-2-1-3-5-7/h1-6H,(H,14,15)(H2,11,12,13). The van der Waals surface area contributed by atoms with E-state index in [1.807, 2.05) is 30.3 Å². The molecule has 0 aliphatic heterocycles. The highest BCUT2D eigenvalue weighted by Crippen LogP contribution is 2.18. The van der Waals surface area contributed by atoms with Crippen molar-refractivity contribution in [3.63, 3.8) is 0 Å². The van der Waals surface area contributed by atoms with E-state index in [0.29, 0.717) is 5.82 Å². The molecule has 76 valence electrons. The van der Waals surface area contributed by atoms with Crippen LogP contribution in [-0.4, -0.2) is 21.4 Å². The average Bonchev–Trinajstić information content (AvgIpc) is 2.67. The van der Waals surface area contributed by atoms with E-state index in [9.17, 15) is 4.79 Å². The summed E-state index contributed by atoms with van der Waals surface area (Å²) in [6, 6.07) is 11.2. The highest BCUT2D eigenvalue weighted by atomic mass is 16.4. The smallest absolute Gasteiger partial charge is 0.410 e. The maximum Gasteiger partial charge on any atom is 0.410 e. The van der Waals surface area contributed by atoms with E-state index in [2.05, 4.69) is 15.5 Å². The lowest BCUT2D eigenvalue weighted by Crippen LogP contribution is -2.07. The molecular weight excluding hydrogens is 194 g/mol. The van der Waals surface area contributed by atoms with Gasteiger partial charge in [0.1, 0.15) is 0 Å². The van der Waals surface area contributed by atoms with Gasteiger partial charge in [-0.1, -0.05) is 30.3 Å². The summed E-state index contributed by atoms with van der Waals surface area (Å²) in [6.45, 7) is 0. The second kappa shape index (κ2) is 3.83. The van der Waals surface area contributed by atoms with Gasteiger partial charge < -0.3 is 5.11 Å². The number of carbonyl (C=O) groups is 1. The van der Waals surface area contributed by atoms with Crippen molar-refractivity contribution < 1.29 is 9.90 Å². The predicted octanol–water partition coefficient (Wildman–Crippen LogP) is 2.17. The lowest BCUT2D eigenvalue weighted by atomic mass is 10.2. The van der Waals surface area contributed by atoms with Crippen LogP contribution in [-0.2, 0) is 0 Å². The SMILES string of the molecule is O=C(O)Nc1cc(-c2ccccc2)[nH]n1. The number of aromatic amines is 1. The van der Waals surface area contributed by atoms with E-state index in [1.165, 1.54) is 0 Å². The zero-order valence-corrected chi connectivity index (χ0v) is 7.77. The van der Waals surface area contributed by atoms with E-state index >= 15 is 0 Å². The van der Waals surface area contributed by atoms with Gasteiger partial charge in [-0.3, -0.25) is 10.4 Å². The van der Waals surface area contributed by atoms with E-state index < -0.39 is 6.09 Å². The molecule has 0 aliphatic carbocycles. The Labute approximate surface area is 85.8 Å². The molecule has 0 saturated carbocycles. The number of aromatic nitrogens is 2. The number of hydrogen-bond acceptors (Lipinski definition) is 2. The molecule has 2 rings (SSSR count). The van der Waals surface area contributed by atoms with Crippen LogP contribution < -0.4 is 5.32 Å². The van der Waals surface area contributed by atoms with Crippen molar-refractivity contribution in [3.05, 3.63) is 36.4 Å². The number of amides is 1. The number of anilines is 1. The van der Waals surface area contributed by atoms with Gasteiger partial charge in [0.15, 0.2) is 5.82 Å². The first-order valence-electron chi connectivity index (χ1n) is 4.36. The molecule has 15 heavy (non-hydrogen) atoms. The van der Waals surface area contributed by atoms with Crippen molar-refractivity contribution in [2.24, 2.45) is 0 Å². The number of H-pyrrole nitrogens is 1. The summed E-state index contributed by atoms with van der Waals surface area (Å²) in [5.74, 6) is 0.293. The summed E-state index contributed by atoms with van der Waals surface area (Å²) in [6.07, 6.45) is -1.12. The van der Waals surface area contributed by atoms with Crippen LogP contribution in [0.15, 0.2) is 36.4 Å². The van der Waals surface area contributed by atoms with Gasteiger partial charge in [-0.15, -0.1) is 0 Å². The number of carboxylic acid groups (broad SMARTS) is 1. The lowest BCUT2D eigenvalue weighted by Gasteiger charge is -1.94. The summed E-state index contributed by atoms with van der Waals surface area (Å²) < 4.78 is 0. The van der Waals surface area contributed by atoms with E-state index in [-0.39, 0.29) is 0 Å². The summed E-state index contributed by atoms with van der Waals surface area (Å²) in [4.78, 5) is 10.3. The van der Waals surface area contributed by atoms with E-state index in [0.717, 1.165) is 11.3 Å². The maximum atomic E-state index is 10.3. The van der Waals surface area contributed by atoms with Crippen molar-refractivity contribution in [1.29, 1.82) is 0 Å². The van der Waals surface area contributed by atoms with Gasteiger partial charge in [0.25, 0.3) is 0 Å². The molecule has 0 atom stereocenters. The van der Waals surface area contributed by atoms with Gasteiger partial charge >= 0.3 is 6.09 Å². The van der Waals surface area contributed by atoms with Crippen LogP contribution in [0.4, 0.5) is 10.6 Å². The molecular formula is C10H9N3O2. The molecule has 2 aromatic rings. The second-order valence-corrected chi connectivity index (χ2v) is 2.96. The topological polar surface area (TPSA) is 78.0 Å². The fourth-order valence-electron chi connectivity index (χ4n) is 1.26. The zero-order valence-electron chi connectivity index (χ0n) is 7.77. The Morgan fingerprint density at radius 1 is 1.33 bits per heavy atom. The van der Waals surface area contributed by atoms with Gasteiger partial charge in [0.05, 0.1) is 5.69 Å². The van der Waals surface area contributed by atoms with Gasteiger partial charge in [-0.2, -0.15) is 5.10 Å². The minimum absolute atomic E-state index is 0.293. The monoisotopic (exact) mass is 203 g/mol. The van der Waals surface area contributed by atoms with Crippen molar-refractivity contribution in [2.45, 2.75) is 0 Å². The zero-order chi connectivity index (χ0) is 10.7. The maximum absolute atomic E-state index is 10.3. The third-order valence-electron chi connectivity index (χ3n) is 1.90. The summed E-state index contributed by atoms with van der Waals surface area (Å²) in [7, 11) is 0. The molecule has 0 bridgehead atoms. The van der Waals surface area contributed by atoms with Crippen LogP contribution in [0.25, 0.3) is 11.3 Å². The van der Waals surface area contributed by atoms with Crippen LogP contribution in [0, 0.1) is 0 Å². The number of nitrogens with zero attached hydrogens (tertiary/aromatic N) is 1. The van der Waals surface area contributed by atoms with Crippen molar-refractivity contribution in [2.75, 3.05) is 5.32 Å². The molecule has 0 spiro atoms. The highest BCUT2D eigenvalue weighted by molar-refractivity contribution is 5.82. The number of nitrogens with one attached hydrogen (secondary N) is 2. The molecule has 1 amide bonds. The molecule has 1 aromatic heterocycles. The molecule has 0 unspecified atom stereocenters. The second-order valence-electron chi connectivity index (χ2n) is 2.96. The fourth-order valence-corrected chi connectivity index (χ4v) is 1.26. The van der Waals surface area contributed by atoms with Crippen molar-refractivity contribution >= 4 is 11.9 Å². The molecule has 5 nitrogen and oxygen atoms in total. The molecule has 0 saturated heterocycles. The van der Waals surface area contributed by atoms with Crippen LogP contribution in [0.1, 0.15) is 0 Å². The Hall–Kier alpha value is -2.30. The van der Waals surface area contributed by atoms with Crippen molar-refractivity contribution in [1.82, 2.24) is 10.2 Å². The first-order valence-corrected chi connectivity index (χ1v) is 4.36. The molecule has 0 radical (unpaired) electrons. The largest absolute Gasteiger partial charge is 0.465 e. The molecule has 5 heteroatoms. The van der Waals surface area contributed by atoms with Gasteiger partial charge in [-0.25, -0.2) is 4.79 Å². The normalized spacial score (nSPS) is 9.87. The van der Waals surface area contributed by atoms with Crippen LogP contribution >= 0.6 is 0 Å². The predicted molar refractivity (Wildman–Crippen MR) is 55.7 cm³/mol. The molecule has 0 fully saturated rings. The minimum Gasteiger partial charge on any atom is -0.465 e. The minimum atomic E-state index is -1.12. The summed E-state index contributed by atoms with van der Waals surface area (Å²) in [5.41, 5.74) is 1.74. The third kappa shape index (κ3) is 2.14. The third-order valence-corrected chi connectivity index (χ3v) is 1.90. The van der Waals surface area contributed by atoms with Crippen LogP contribution in [0.2, 0.25) is 0 Å². The Balaban J connectivity index is 2.24. The Morgan fingerprint density at radius 2 is 2.07 bits per heavy atom. The highest BCUT2D eigenvalue weighted by Gasteiger charge is 2.04. The molecule has 0 aliphatic rings. The van der Waals surface area contributed by atoms with Gasteiger partial charge in [0, 0.05) is 6.07 Å². The molecule has 3 N–H and O–H groups in total. The van der Waals surface area contributed by atoms with Crippen molar-refractivity contribution in [3.8, 4) is 11.3 Å². The Kier molecular flexibility index (Phi) is 2.37. The summed E-state index contributed by atoms with van der Waals surface area (Å²) >= 11 is 0. The molecule has 1 aromatic carbocycles. The summed E-state index contributed by atoms with van der Waals surface area (Å²) in [5, 5.41) is 17.2. The van der Waals surface area contributed by atoms with Crippen LogP contribution in [0.5, 0.6) is 0 Å². The fraction of sp³-hybridized carbons (Fsp3) is 0. The van der Waals surface area contributed by atoms with E-state index in [1.54, 1.807) is 6.07 Å². The van der Waals surface area contributed by atoms with E-state index in [4.69, 9.17) is 5.11 Å².